The van der Waals surface area contributed by atoms with Gasteiger partial charge in [-0.1, -0.05) is 238 Å². The number of allylic oxidation sites excluding steroid dienone is 4. The van der Waals surface area contributed by atoms with Crippen molar-refractivity contribution in [2.75, 3.05) is 19.8 Å². The number of carbonyl (C=O) groups is 2. The maximum atomic E-state index is 12.6. The lowest BCUT2D eigenvalue weighted by Gasteiger charge is -2.18. The quantitative estimate of drug-likeness (QED) is 0.0348. The van der Waals surface area contributed by atoms with Gasteiger partial charge in [-0.05, 0) is 51.4 Å². The zero-order valence-electron chi connectivity index (χ0n) is 39.3. The minimum absolute atomic E-state index is 0.158. The summed E-state index contributed by atoms with van der Waals surface area (Å²) >= 11 is 0. The number of rotatable bonds is 48. The number of hydrogen-bond donors (Lipinski definition) is 0. The van der Waals surface area contributed by atoms with E-state index in [-0.39, 0.29) is 25.2 Å². The normalized spacial score (nSPS) is 11.8. The summed E-state index contributed by atoms with van der Waals surface area (Å²) in [4.78, 5) is 25.2. The molecule has 5 nitrogen and oxygen atoms in total. The maximum Gasteiger partial charge on any atom is 0.305 e. The Morgan fingerprint density at radius 1 is 0.362 bits per heavy atom. The summed E-state index contributed by atoms with van der Waals surface area (Å²) < 4.78 is 17.4. The van der Waals surface area contributed by atoms with Crippen molar-refractivity contribution in [3.8, 4) is 0 Å². The Bertz CT molecular complexity index is 836. The molecule has 0 aromatic heterocycles. The van der Waals surface area contributed by atoms with E-state index < -0.39 is 6.10 Å². The monoisotopic (exact) mass is 817 g/mol. The molecule has 0 aliphatic carbocycles. The van der Waals surface area contributed by atoms with Crippen LogP contribution in [-0.4, -0.2) is 37.9 Å². The molecule has 0 saturated heterocycles. The molecule has 0 radical (unpaired) electrons. The molecule has 0 aliphatic rings. The average molecular weight is 817 g/mol. The third-order valence-electron chi connectivity index (χ3n) is 11.5. The Balaban J connectivity index is 4.24. The smallest absolute Gasteiger partial charge is 0.305 e. The summed E-state index contributed by atoms with van der Waals surface area (Å²) in [6.45, 7) is 7.72. The molecule has 0 aromatic rings. The minimum atomic E-state index is -0.399. The topological polar surface area (TPSA) is 61.8 Å². The summed E-state index contributed by atoms with van der Waals surface area (Å²) in [5, 5.41) is 0. The molecule has 5 heteroatoms. The Morgan fingerprint density at radius 3 is 1.03 bits per heavy atom. The van der Waals surface area contributed by atoms with Crippen LogP contribution in [0.2, 0.25) is 0 Å². The van der Waals surface area contributed by atoms with Crippen molar-refractivity contribution in [1.29, 1.82) is 0 Å². The highest BCUT2D eigenvalue weighted by Gasteiger charge is 2.16. The third-order valence-corrected chi connectivity index (χ3v) is 11.5. The van der Waals surface area contributed by atoms with Gasteiger partial charge in [-0.2, -0.15) is 0 Å². The Labute approximate surface area is 362 Å². The number of carbonyl (C=O) groups excluding carboxylic acids is 2. The molecule has 0 N–H and O–H groups in total. The fraction of sp³-hybridized carbons (Fsp3) is 0.887. The van der Waals surface area contributed by atoms with E-state index in [1.54, 1.807) is 0 Å². The van der Waals surface area contributed by atoms with Crippen LogP contribution in [0.3, 0.4) is 0 Å². The van der Waals surface area contributed by atoms with Gasteiger partial charge in [-0.3, -0.25) is 9.59 Å². The van der Waals surface area contributed by atoms with Crippen molar-refractivity contribution in [1.82, 2.24) is 0 Å². The lowest BCUT2D eigenvalue weighted by atomic mass is 10.0. The van der Waals surface area contributed by atoms with Crippen LogP contribution >= 0.6 is 0 Å². The largest absolute Gasteiger partial charge is 0.463 e. The lowest BCUT2D eigenvalue weighted by Crippen LogP contribution is -2.29. The van der Waals surface area contributed by atoms with E-state index in [0.29, 0.717) is 19.4 Å². The second-order valence-corrected chi connectivity index (χ2v) is 17.4. The van der Waals surface area contributed by atoms with E-state index in [2.05, 4.69) is 45.1 Å². The lowest BCUT2D eigenvalue weighted by molar-refractivity contribution is -0.155. The molecule has 0 spiro atoms. The molecule has 0 aromatic carbocycles. The molecular formula is C53H100O5. The van der Waals surface area contributed by atoms with Crippen LogP contribution in [0.1, 0.15) is 278 Å². The molecule has 0 saturated carbocycles. The number of unbranched alkanes of at least 4 members (excludes halogenated alkanes) is 33. The molecule has 342 valence electrons. The van der Waals surface area contributed by atoms with Crippen LogP contribution < -0.4 is 0 Å². The van der Waals surface area contributed by atoms with Crippen LogP contribution in [0.25, 0.3) is 0 Å². The molecule has 58 heavy (non-hydrogen) atoms. The summed E-state index contributed by atoms with van der Waals surface area (Å²) in [5.41, 5.74) is 0. The Hall–Kier alpha value is -1.62. The van der Waals surface area contributed by atoms with Gasteiger partial charge in [0.25, 0.3) is 0 Å². The van der Waals surface area contributed by atoms with E-state index >= 15 is 0 Å². The van der Waals surface area contributed by atoms with Crippen molar-refractivity contribution in [3.63, 3.8) is 0 Å². The molecule has 0 bridgehead atoms. The first-order chi connectivity index (χ1) is 28.6. The summed E-state index contributed by atoms with van der Waals surface area (Å²) in [7, 11) is 0. The fourth-order valence-corrected chi connectivity index (χ4v) is 7.57. The summed E-state index contributed by atoms with van der Waals surface area (Å²) in [6.07, 6.45) is 57.7. The van der Waals surface area contributed by atoms with Crippen LogP contribution in [-0.2, 0) is 23.8 Å². The second-order valence-electron chi connectivity index (χ2n) is 17.4. The number of esters is 2. The second kappa shape index (κ2) is 49.7. The van der Waals surface area contributed by atoms with Gasteiger partial charge >= 0.3 is 11.9 Å². The zero-order valence-corrected chi connectivity index (χ0v) is 39.3. The van der Waals surface area contributed by atoms with Crippen LogP contribution in [0, 0.1) is 0 Å². The van der Waals surface area contributed by atoms with E-state index in [9.17, 15) is 9.59 Å². The molecule has 0 atom stereocenters. The van der Waals surface area contributed by atoms with Crippen LogP contribution in [0.5, 0.6) is 0 Å². The van der Waals surface area contributed by atoms with E-state index in [0.717, 1.165) is 44.9 Å². The highest BCUT2D eigenvalue weighted by atomic mass is 16.6. The predicted octanol–water partition coefficient (Wildman–Crippen LogP) is 17.2. The van der Waals surface area contributed by atoms with E-state index in [1.807, 2.05) is 0 Å². The van der Waals surface area contributed by atoms with Crippen molar-refractivity contribution >= 4 is 11.9 Å². The third kappa shape index (κ3) is 47.1. The Kier molecular flexibility index (Phi) is 48.4. The van der Waals surface area contributed by atoms with Gasteiger partial charge in [0.2, 0.25) is 0 Å². The van der Waals surface area contributed by atoms with E-state index in [1.165, 1.54) is 199 Å². The van der Waals surface area contributed by atoms with E-state index in [4.69, 9.17) is 14.2 Å². The molecule has 0 amide bonds. The van der Waals surface area contributed by atoms with Crippen molar-refractivity contribution in [2.45, 2.75) is 284 Å². The number of hydrogen-bond acceptors (Lipinski definition) is 5. The first kappa shape index (κ1) is 56.4. The molecular weight excluding hydrogens is 717 g/mol. The van der Waals surface area contributed by atoms with Crippen LogP contribution in [0.4, 0.5) is 0 Å². The molecule has 0 aliphatic heterocycles. The molecule has 0 heterocycles. The first-order valence-corrected chi connectivity index (χ1v) is 25.9. The zero-order chi connectivity index (χ0) is 42.1. The predicted molar refractivity (Wildman–Crippen MR) is 252 cm³/mol. The highest BCUT2D eigenvalue weighted by Crippen LogP contribution is 2.16. The molecule has 0 fully saturated rings. The summed E-state index contributed by atoms with van der Waals surface area (Å²) in [6, 6.07) is 0. The van der Waals surface area contributed by atoms with Gasteiger partial charge in [0.1, 0.15) is 19.3 Å². The standard InChI is InChI=1S/C53H100O5/c1-4-7-10-13-16-19-22-25-26-27-30-33-36-39-42-45-48-56-51(49-57-52(54)46-43-40-37-34-31-28-23-20-17-14-11-8-5-2)50-58-53(55)47-44-41-38-35-32-29-24-21-18-15-12-9-6-3/h16,19,25-26,51H,4-15,17-18,20-24,27-50H2,1-3H3/b19-16-,26-25-. The fourth-order valence-electron chi connectivity index (χ4n) is 7.57. The van der Waals surface area contributed by atoms with Gasteiger partial charge in [0.15, 0.2) is 0 Å². The van der Waals surface area contributed by atoms with Crippen molar-refractivity contribution in [3.05, 3.63) is 24.3 Å². The molecule has 0 unspecified atom stereocenters. The summed E-state index contributed by atoms with van der Waals surface area (Å²) in [5.74, 6) is -0.326. The highest BCUT2D eigenvalue weighted by molar-refractivity contribution is 5.69. The van der Waals surface area contributed by atoms with Gasteiger partial charge in [0, 0.05) is 19.4 Å². The van der Waals surface area contributed by atoms with Gasteiger partial charge in [-0.15, -0.1) is 0 Å². The van der Waals surface area contributed by atoms with Gasteiger partial charge < -0.3 is 14.2 Å². The Morgan fingerprint density at radius 2 is 0.655 bits per heavy atom. The van der Waals surface area contributed by atoms with Crippen molar-refractivity contribution in [2.24, 2.45) is 0 Å². The first-order valence-electron chi connectivity index (χ1n) is 25.9. The average Bonchev–Trinajstić information content (AvgIpc) is 3.23. The SMILES string of the molecule is CCCCC/C=C\C/C=C\CCCCCCCCOC(COC(=O)CCCCCCCCCCCCCCC)COC(=O)CCCCCCCCCCCCCCC. The number of ether oxygens (including phenoxy) is 3. The van der Waals surface area contributed by atoms with Crippen molar-refractivity contribution < 1.29 is 23.8 Å². The van der Waals surface area contributed by atoms with Crippen LogP contribution in [0.15, 0.2) is 24.3 Å². The van der Waals surface area contributed by atoms with Gasteiger partial charge in [-0.25, -0.2) is 0 Å². The van der Waals surface area contributed by atoms with Gasteiger partial charge in [0.05, 0.1) is 0 Å². The maximum absolute atomic E-state index is 12.6. The minimum Gasteiger partial charge on any atom is -0.463 e. The molecule has 0 rings (SSSR count).